The van der Waals surface area contributed by atoms with Crippen LogP contribution < -0.4 is 10.6 Å². The highest BCUT2D eigenvalue weighted by atomic mass is 19.1. The van der Waals surface area contributed by atoms with Crippen LogP contribution in [0.4, 0.5) is 10.1 Å². The predicted octanol–water partition coefficient (Wildman–Crippen LogP) is 3.39. The molecule has 1 aliphatic rings. The number of unbranched alkanes of at least 4 members (excludes halogenated alkanes) is 1. The fraction of sp³-hybridized carbons (Fsp3) is 0.300. The zero-order chi connectivity index (χ0) is 17.6. The third kappa shape index (κ3) is 4.44. The summed E-state index contributed by atoms with van der Waals surface area (Å²) < 4.78 is 13.3. The van der Waals surface area contributed by atoms with Gasteiger partial charge in [-0.2, -0.15) is 0 Å². The van der Waals surface area contributed by atoms with Crippen LogP contribution in [-0.2, 0) is 16.0 Å². The number of hydrogen-bond donors (Lipinski definition) is 2. The Morgan fingerprint density at radius 3 is 2.76 bits per heavy atom. The molecule has 4 nitrogen and oxygen atoms in total. The number of halogens is 1. The molecule has 1 aliphatic heterocycles. The molecule has 2 aromatic rings. The van der Waals surface area contributed by atoms with E-state index in [4.69, 9.17) is 0 Å². The quantitative estimate of drug-likeness (QED) is 0.792. The van der Waals surface area contributed by atoms with E-state index < -0.39 is 11.7 Å². The standard InChI is InChI=1S/C20H21FN2O2/c21-15-9-10-16-17(13-19(24)23-18(16)12-15)20(25)22-11-5-4-8-14-6-2-1-3-7-14/h1-3,6-7,9-10,12,17H,4-5,8,11,13H2,(H,22,25)(H,23,24). The van der Waals surface area contributed by atoms with E-state index in [1.807, 2.05) is 18.2 Å². The van der Waals surface area contributed by atoms with Crippen LogP contribution in [0, 0.1) is 5.82 Å². The first-order chi connectivity index (χ1) is 12.1. The smallest absolute Gasteiger partial charge is 0.228 e. The lowest BCUT2D eigenvalue weighted by Gasteiger charge is -2.24. The Hall–Kier alpha value is -2.69. The van der Waals surface area contributed by atoms with Gasteiger partial charge in [-0.15, -0.1) is 0 Å². The van der Waals surface area contributed by atoms with Crippen molar-refractivity contribution in [2.75, 3.05) is 11.9 Å². The molecule has 1 heterocycles. The fourth-order valence-electron chi connectivity index (χ4n) is 3.10. The molecule has 0 aromatic heterocycles. The summed E-state index contributed by atoms with van der Waals surface area (Å²) in [6.45, 7) is 0.570. The van der Waals surface area contributed by atoms with Gasteiger partial charge in [0.2, 0.25) is 11.8 Å². The largest absolute Gasteiger partial charge is 0.356 e. The van der Waals surface area contributed by atoms with Gasteiger partial charge in [-0.25, -0.2) is 4.39 Å². The van der Waals surface area contributed by atoms with Gasteiger partial charge < -0.3 is 10.6 Å². The van der Waals surface area contributed by atoms with Crippen LogP contribution in [-0.4, -0.2) is 18.4 Å². The minimum atomic E-state index is -0.557. The van der Waals surface area contributed by atoms with Crippen molar-refractivity contribution < 1.29 is 14.0 Å². The molecule has 2 aromatic carbocycles. The van der Waals surface area contributed by atoms with E-state index in [0.717, 1.165) is 19.3 Å². The van der Waals surface area contributed by atoms with Crippen molar-refractivity contribution in [1.82, 2.24) is 5.32 Å². The lowest BCUT2D eigenvalue weighted by Crippen LogP contribution is -2.35. The van der Waals surface area contributed by atoms with Crippen molar-refractivity contribution in [3.8, 4) is 0 Å². The average molecular weight is 340 g/mol. The average Bonchev–Trinajstić information content (AvgIpc) is 2.61. The van der Waals surface area contributed by atoms with Gasteiger partial charge in [-0.1, -0.05) is 36.4 Å². The van der Waals surface area contributed by atoms with Crippen LogP contribution >= 0.6 is 0 Å². The van der Waals surface area contributed by atoms with Crippen LogP contribution in [0.3, 0.4) is 0 Å². The van der Waals surface area contributed by atoms with Gasteiger partial charge in [0.15, 0.2) is 0 Å². The van der Waals surface area contributed by atoms with Crippen LogP contribution in [0.5, 0.6) is 0 Å². The van der Waals surface area contributed by atoms with E-state index in [2.05, 4.69) is 22.8 Å². The summed E-state index contributed by atoms with van der Waals surface area (Å²) in [6, 6.07) is 14.4. The van der Waals surface area contributed by atoms with Gasteiger partial charge in [0.1, 0.15) is 5.82 Å². The normalized spacial score (nSPS) is 16.0. The molecule has 0 saturated carbocycles. The molecular weight excluding hydrogens is 319 g/mol. The third-order valence-electron chi connectivity index (χ3n) is 4.41. The Morgan fingerprint density at radius 2 is 1.96 bits per heavy atom. The van der Waals surface area contributed by atoms with Crippen LogP contribution in [0.2, 0.25) is 0 Å². The maximum absolute atomic E-state index is 13.3. The highest BCUT2D eigenvalue weighted by Crippen LogP contribution is 2.32. The zero-order valence-electron chi connectivity index (χ0n) is 13.9. The maximum Gasteiger partial charge on any atom is 0.228 e. The number of benzene rings is 2. The molecule has 2 N–H and O–H groups in total. The van der Waals surface area contributed by atoms with Gasteiger partial charge in [0.05, 0.1) is 5.92 Å². The minimum Gasteiger partial charge on any atom is -0.356 e. The van der Waals surface area contributed by atoms with Gasteiger partial charge in [0, 0.05) is 18.7 Å². The number of amides is 2. The molecule has 0 bridgehead atoms. The monoisotopic (exact) mass is 340 g/mol. The van der Waals surface area contributed by atoms with Crippen molar-refractivity contribution >= 4 is 17.5 Å². The molecule has 0 radical (unpaired) electrons. The van der Waals surface area contributed by atoms with Crippen molar-refractivity contribution in [1.29, 1.82) is 0 Å². The third-order valence-corrected chi connectivity index (χ3v) is 4.41. The second kappa shape index (κ2) is 7.92. The van der Waals surface area contributed by atoms with Crippen molar-refractivity contribution in [2.45, 2.75) is 31.6 Å². The summed E-state index contributed by atoms with van der Waals surface area (Å²) in [4.78, 5) is 24.2. The number of carbonyl (C=O) groups excluding carboxylic acids is 2. The summed E-state index contributed by atoms with van der Waals surface area (Å²) in [5.74, 6) is -1.43. The molecule has 130 valence electrons. The number of hydrogen-bond acceptors (Lipinski definition) is 2. The number of rotatable bonds is 6. The number of nitrogens with one attached hydrogen (secondary N) is 2. The number of anilines is 1. The van der Waals surface area contributed by atoms with Crippen molar-refractivity contribution in [2.24, 2.45) is 0 Å². The topological polar surface area (TPSA) is 58.2 Å². The van der Waals surface area contributed by atoms with Crippen molar-refractivity contribution in [3.63, 3.8) is 0 Å². The number of aryl methyl sites for hydroxylation is 1. The Kier molecular flexibility index (Phi) is 5.43. The Morgan fingerprint density at radius 1 is 1.16 bits per heavy atom. The Bertz CT molecular complexity index is 762. The minimum absolute atomic E-state index is 0.0917. The fourth-order valence-corrected chi connectivity index (χ4v) is 3.10. The molecule has 3 rings (SSSR count). The van der Waals surface area contributed by atoms with Gasteiger partial charge in [-0.05, 0) is 42.5 Å². The molecule has 1 unspecified atom stereocenters. The van der Waals surface area contributed by atoms with E-state index >= 15 is 0 Å². The van der Waals surface area contributed by atoms with E-state index in [9.17, 15) is 14.0 Å². The van der Waals surface area contributed by atoms with E-state index in [0.29, 0.717) is 17.8 Å². The molecule has 0 spiro atoms. The van der Waals surface area contributed by atoms with E-state index in [1.54, 1.807) is 6.07 Å². The van der Waals surface area contributed by atoms with Gasteiger partial charge in [-0.3, -0.25) is 9.59 Å². The first-order valence-corrected chi connectivity index (χ1v) is 8.54. The highest BCUT2D eigenvalue weighted by molar-refractivity contribution is 6.01. The maximum atomic E-state index is 13.3. The summed E-state index contributed by atoms with van der Waals surface area (Å²) in [7, 11) is 0. The second-order valence-electron chi connectivity index (χ2n) is 6.27. The Balaban J connectivity index is 1.51. The van der Waals surface area contributed by atoms with Crippen LogP contribution in [0.1, 0.15) is 36.3 Å². The highest BCUT2D eigenvalue weighted by Gasteiger charge is 2.30. The molecule has 0 aliphatic carbocycles. The van der Waals surface area contributed by atoms with Gasteiger partial charge in [0.25, 0.3) is 0 Å². The SMILES string of the molecule is O=C1CC(C(=O)NCCCCc2ccccc2)c2ccc(F)cc2N1. The molecule has 1 atom stereocenters. The van der Waals surface area contributed by atoms with Crippen molar-refractivity contribution in [3.05, 3.63) is 65.5 Å². The molecular formula is C20H21FN2O2. The summed E-state index contributed by atoms with van der Waals surface area (Å²) in [5, 5.41) is 5.52. The summed E-state index contributed by atoms with van der Waals surface area (Å²) >= 11 is 0. The first kappa shape index (κ1) is 17.1. The summed E-state index contributed by atoms with van der Waals surface area (Å²) in [6.07, 6.45) is 2.92. The first-order valence-electron chi connectivity index (χ1n) is 8.54. The molecule has 0 fully saturated rings. The number of fused-ring (bicyclic) bond motifs is 1. The van der Waals surface area contributed by atoms with Gasteiger partial charge >= 0.3 is 0 Å². The van der Waals surface area contributed by atoms with E-state index in [1.165, 1.54) is 17.7 Å². The molecule has 0 saturated heterocycles. The Labute approximate surface area is 146 Å². The molecule has 25 heavy (non-hydrogen) atoms. The summed E-state index contributed by atoms with van der Waals surface area (Å²) in [5.41, 5.74) is 2.34. The lowest BCUT2D eigenvalue weighted by atomic mass is 9.89. The lowest BCUT2D eigenvalue weighted by molar-refractivity contribution is -0.126. The molecule has 5 heteroatoms. The predicted molar refractivity (Wildman–Crippen MR) is 94.8 cm³/mol. The van der Waals surface area contributed by atoms with E-state index in [-0.39, 0.29) is 18.2 Å². The van der Waals surface area contributed by atoms with Crippen LogP contribution in [0.15, 0.2) is 48.5 Å². The second-order valence-corrected chi connectivity index (χ2v) is 6.27. The van der Waals surface area contributed by atoms with Crippen LogP contribution in [0.25, 0.3) is 0 Å². The zero-order valence-corrected chi connectivity index (χ0v) is 13.9. The number of carbonyl (C=O) groups is 2. The molecule has 2 amide bonds.